The second-order valence-corrected chi connectivity index (χ2v) is 8.25. The van der Waals surface area contributed by atoms with E-state index in [1.807, 2.05) is 43.2 Å². The third-order valence-electron chi connectivity index (χ3n) is 4.93. The van der Waals surface area contributed by atoms with Gasteiger partial charge in [-0.15, -0.1) is 0 Å². The van der Waals surface area contributed by atoms with Crippen molar-refractivity contribution in [2.24, 2.45) is 0 Å². The molecule has 160 valence electrons. The van der Waals surface area contributed by atoms with E-state index < -0.39 is 6.10 Å². The van der Waals surface area contributed by atoms with Gasteiger partial charge in [-0.3, -0.25) is 0 Å². The first-order valence-electron chi connectivity index (χ1n) is 10.5. The average Bonchev–Trinajstić information content (AvgIpc) is 2.79. The van der Waals surface area contributed by atoms with Gasteiger partial charge in [0, 0.05) is 43.7 Å². The third-order valence-corrected chi connectivity index (χ3v) is 6.04. The van der Waals surface area contributed by atoms with Gasteiger partial charge < -0.3 is 15.3 Å². The maximum absolute atomic E-state index is 10.4. The van der Waals surface area contributed by atoms with Crippen LogP contribution in [0.25, 0.3) is 0 Å². The molecule has 30 heavy (non-hydrogen) atoms. The van der Waals surface area contributed by atoms with Gasteiger partial charge >= 0.3 is 0 Å². The highest BCUT2D eigenvalue weighted by Crippen LogP contribution is 2.25. The lowest BCUT2D eigenvalue weighted by Crippen LogP contribution is -2.43. The monoisotopic (exact) mass is 425 g/mol. The topological polar surface area (TPSA) is 64.5 Å². The Morgan fingerprint density at radius 2 is 1.97 bits per heavy atom. The minimum atomic E-state index is -0.574. The van der Waals surface area contributed by atoms with Gasteiger partial charge in [0.05, 0.1) is 6.10 Å². The molecule has 1 atom stereocenters. The molecule has 0 spiro atoms. The maximum atomic E-state index is 10.4. The number of allylic oxidation sites excluding steroid dienone is 2. The van der Waals surface area contributed by atoms with Crippen molar-refractivity contribution in [1.29, 1.82) is 0 Å². The summed E-state index contributed by atoms with van der Waals surface area (Å²) in [6.07, 6.45) is 7.93. The van der Waals surface area contributed by atoms with Crippen molar-refractivity contribution < 1.29 is 5.11 Å². The van der Waals surface area contributed by atoms with Crippen molar-refractivity contribution in [3.8, 4) is 0 Å². The first-order chi connectivity index (χ1) is 14.7. The van der Waals surface area contributed by atoms with E-state index in [1.54, 1.807) is 6.33 Å². The number of anilines is 2. The summed E-state index contributed by atoms with van der Waals surface area (Å²) < 4.78 is 2.39. The van der Waals surface area contributed by atoms with E-state index in [0.29, 0.717) is 6.54 Å². The zero-order valence-corrected chi connectivity index (χ0v) is 18.6. The molecule has 6 nitrogen and oxygen atoms in total. The Morgan fingerprint density at radius 1 is 1.20 bits per heavy atom. The summed E-state index contributed by atoms with van der Waals surface area (Å²) in [6.45, 7) is 8.21. The number of aliphatic hydroxyl groups is 1. The number of benzene rings is 1. The zero-order valence-electron chi connectivity index (χ0n) is 17.7. The van der Waals surface area contributed by atoms with Gasteiger partial charge in [-0.25, -0.2) is 14.3 Å². The van der Waals surface area contributed by atoms with Crippen LogP contribution in [0, 0.1) is 0 Å². The second-order valence-electron chi connectivity index (χ2n) is 7.08. The summed E-state index contributed by atoms with van der Waals surface area (Å²) >= 11 is 1.81. The standard InChI is InChI=1S/C23H31N5OS/c1-3-5-9-19(4-2)21(29)17-24-22-16-23(26-18-25-22)27-12-14-28(15-13-27)30-20-10-7-6-8-11-20/h4-11,16,18,21,29H,3,12-15,17H2,1-2H3,(H,24,25,26)/b9-5-,19-4+. The molecule has 3 rings (SSSR count). The van der Waals surface area contributed by atoms with Crippen LogP contribution in [0.1, 0.15) is 20.3 Å². The lowest BCUT2D eigenvalue weighted by atomic mass is 10.1. The summed E-state index contributed by atoms with van der Waals surface area (Å²) in [7, 11) is 0. The molecule has 0 amide bonds. The number of rotatable bonds is 9. The van der Waals surface area contributed by atoms with Crippen molar-refractivity contribution in [3.63, 3.8) is 0 Å². The highest BCUT2D eigenvalue weighted by atomic mass is 32.2. The highest BCUT2D eigenvalue weighted by Gasteiger charge is 2.19. The molecule has 1 unspecified atom stereocenters. The Bertz CT molecular complexity index is 834. The maximum Gasteiger partial charge on any atom is 0.134 e. The molecule has 1 aromatic heterocycles. The Morgan fingerprint density at radius 3 is 2.67 bits per heavy atom. The molecular weight excluding hydrogens is 394 g/mol. The van der Waals surface area contributed by atoms with Crippen molar-refractivity contribution in [1.82, 2.24) is 14.3 Å². The van der Waals surface area contributed by atoms with E-state index >= 15 is 0 Å². The molecule has 1 aliphatic heterocycles. The lowest BCUT2D eigenvalue weighted by molar-refractivity contribution is 0.227. The number of aliphatic hydroxyl groups excluding tert-OH is 1. The minimum absolute atomic E-state index is 0.408. The Kier molecular flexibility index (Phi) is 8.74. The van der Waals surface area contributed by atoms with E-state index in [1.165, 1.54) is 4.90 Å². The molecule has 1 saturated heterocycles. The minimum Gasteiger partial charge on any atom is -0.387 e. The Hall–Kier alpha value is -2.35. The molecule has 2 N–H and O–H groups in total. The van der Waals surface area contributed by atoms with E-state index in [-0.39, 0.29) is 0 Å². The van der Waals surface area contributed by atoms with Crippen molar-refractivity contribution in [2.75, 3.05) is 42.9 Å². The summed E-state index contributed by atoms with van der Waals surface area (Å²) in [5.74, 6) is 1.65. The van der Waals surface area contributed by atoms with E-state index in [2.05, 4.69) is 61.8 Å². The summed E-state index contributed by atoms with van der Waals surface area (Å²) in [5, 5.41) is 13.7. The largest absolute Gasteiger partial charge is 0.387 e. The van der Waals surface area contributed by atoms with Crippen LogP contribution in [-0.2, 0) is 0 Å². The molecule has 0 aliphatic carbocycles. The first kappa shape index (κ1) is 22.3. The molecular formula is C23H31N5OS. The van der Waals surface area contributed by atoms with Gasteiger partial charge in [0.2, 0.25) is 0 Å². The molecule has 2 aromatic rings. The first-order valence-corrected chi connectivity index (χ1v) is 11.3. The molecule has 1 fully saturated rings. The predicted octanol–water partition coefficient (Wildman–Crippen LogP) is 3.99. The van der Waals surface area contributed by atoms with E-state index in [4.69, 9.17) is 0 Å². The second kappa shape index (κ2) is 11.7. The predicted molar refractivity (Wildman–Crippen MR) is 126 cm³/mol. The zero-order chi connectivity index (χ0) is 21.2. The van der Waals surface area contributed by atoms with Crippen LogP contribution in [0.5, 0.6) is 0 Å². The normalized spacial score (nSPS) is 16.8. The van der Waals surface area contributed by atoms with Crippen LogP contribution in [0.4, 0.5) is 11.6 Å². The van der Waals surface area contributed by atoms with E-state index in [0.717, 1.165) is 49.8 Å². The van der Waals surface area contributed by atoms with Crippen LogP contribution < -0.4 is 10.2 Å². The summed E-state index contributed by atoms with van der Waals surface area (Å²) in [6, 6.07) is 12.4. The van der Waals surface area contributed by atoms with Crippen LogP contribution in [0.3, 0.4) is 0 Å². The van der Waals surface area contributed by atoms with Gasteiger partial charge in [-0.05, 0) is 43.0 Å². The van der Waals surface area contributed by atoms with Crippen molar-refractivity contribution >= 4 is 23.6 Å². The number of piperazine rings is 1. The van der Waals surface area contributed by atoms with Gasteiger partial charge in [0.15, 0.2) is 0 Å². The molecule has 1 aromatic carbocycles. The number of nitrogens with one attached hydrogen (secondary N) is 1. The van der Waals surface area contributed by atoms with Crippen molar-refractivity contribution in [2.45, 2.75) is 31.3 Å². The number of hydrogen-bond acceptors (Lipinski definition) is 7. The molecule has 0 bridgehead atoms. The fourth-order valence-electron chi connectivity index (χ4n) is 3.23. The highest BCUT2D eigenvalue weighted by molar-refractivity contribution is 7.97. The SMILES string of the molecule is C/C=C(\C=C/CC)C(O)CNc1cc(N2CCN(Sc3ccccc3)CC2)ncn1. The number of hydrogen-bond donors (Lipinski definition) is 2. The van der Waals surface area contributed by atoms with Crippen molar-refractivity contribution in [3.05, 3.63) is 66.5 Å². The Balaban J connectivity index is 1.51. The summed E-state index contributed by atoms with van der Waals surface area (Å²) in [4.78, 5) is 12.3. The number of aromatic nitrogens is 2. The summed E-state index contributed by atoms with van der Waals surface area (Å²) in [5.41, 5.74) is 0.908. The van der Waals surface area contributed by atoms with Gasteiger partial charge in [-0.1, -0.05) is 43.4 Å². The molecule has 0 radical (unpaired) electrons. The van der Waals surface area contributed by atoms with Gasteiger partial charge in [0.1, 0.15) is 18.0 Å². The lowest BCUT2D eigenvalue weighted by Gasteiger charge is -2.34. The number of nitrogens with zero attached hydrogens (tertiary/aromatic N) is 4. The van der Waals surface area contributed by atoms with Gasteiger partial charge in [0.25, 0.3) is 0 Å². The molecule has 0 saturated carbocycles. The smallest absolute Gasteiger partial charge is 0.134 e. The third kappa shape index (κ3) is 6.58. The van der Waals surface area contributed by atoms with Crippen LogP contribution in [0.2, 0.25) is 0 Å². The van der Waals surface area contributed by atoms with Crippen LogP contribution >= 0.6 is 11.9 Å². The molecule has 2 heterocycles. The quantitative estimate of drug-likeness (QED) is 0.465. The molecule has 7 heteroatoms. The molecule has 1 aliphatic rings. The van der Waals surface area contributed by atoms with Gasteiger partial charge in [-0.2, -0.15) is 0 Å². The average molecular weight is 426 g/mol. The fraction of sp³-hybridized carbons (Fsp3) is 0.391. The fourth-order valence-corrected chi connectivity index (χ4v) is 4.15. The Labute approximate surface area is 183 Å². The van der Waals surface area contributed by atoms with Crippen LogP contribution in [-0.4, -0.2) is 58.2 Å². The van der Waals surface area contributed by atoms with Crippen LogP contribution in [0.15, 0.2) is 71.4 Å². The van der Waals surface area contributed by atoms with E-state index in [9.17, 15) is 5.11 Å².